The Morgan fingerprint density at radius 3 is 2.42 bits per heavy atom. The van der Waals surface area contributed by atoms with E-state index in [4.69, 9.17) is 21.1 Å². The summed E-state index contributed by atoms with van der Waals surface area (Å²) in [5, 5.41) is 15.3. The second kappa shape index (κ2) is 11.9. The molecule has 0 saturated carbocycles. The van der Waals surface area contributed by atoms with E-state index >= 15 is 0 Å². The fourth-order valence-corrected chi connectivity index (χ4v) is 3.65. The molecule has 36 heavy (non-hydrogen) atoms. The van der Waals surface area contributed by atoms with Crippen LogP contribution in [0.5, 0.6) is 11.5 Å². The molecule has 8 heteroatoms. The SMILES string of the molecule is COc1cc(/C=C(/C#N)C(=O)Nc2ccccc2C)cc(Cl)c1OCC(=O)Nc1cc(C)ccc1C. The Bertz CT molecular complexity index is 1380. The molecule has 0 radical (unpaired) electrons. The van der Waals surface area contributed by atoms with Crippen LogP contribution < -0.4 is 20.1 Å². The minimum absolute atomic E-state index is 0.113. The first-order valence-electron chi connectivity index (χ1n) is 11.1. The molecule has 0 aromatic heterocycles. The monoisotopic (exact) mass is 503 g/mol. The molecular weight excluding hydrogens is 478 g/mol. The van der Waals surface area contributed by atoms with Gasteiger partial charge in [0.1, 0.15) is 11.6 Å². The first kappa shape index (κ1) is 26.3. The first-order valence-corrected chi connectivity index (χ1v) is 11.5. The van der Waals surface area contributed by atoms with Crippen molar-refractivity contribution in [1.29, 1.82) is 5.26 Å². The minimum atomic E-state index is -0.551. The van der Waals surface area contributed by atoms with E-state index in [0.717, 1.165) is 16.7 Å². The third-order valence-corrected chi connectivity index (χ3v) is 5.62. The van der Waals surface area contributed by atoms with Gasteiger partial charge in [-0.15, -0.1) is 0 Å². The van der Waals surface area contributed by atoms with Crippen molar-refractivity contribution in [3.63, 3.8) is 0 Å². The van der Waals surface area contributed by atoms with Crippen molar-refractivity contribution in [2.45, 2.75) is 20.8 Å². The van der Waals surface area contributed by atoms with E-state index in [9.17, 15) is 14.9 Å². The molecule has 0 aliphatic rings. The summed E-state index contributed by atoms with van der Waals surface area (Å²) in [6.45, 7) is 5.41. The summed E-state index contributed by atoms with van der Waals surface area (Å²) in [6, 6.07) is 18.0. The van der Waals surface area contributed by atoms with E-state index < -0.39 is 5.91 Å². The largest absolute Gasteiger partial charge is 0.493 e. The molecule has 0 bridgehead atoms. The molecule has 0 aliphatic carbocycles. The number of nitrogens with one attached hydrogen (secondary N) is 2. The third-order valence-electron chi connectivity index (χ3n) is 5.34. The number of carbonyl (C=O) groups is 2. The van der Waals surface area contributed by atoms with E-state index in [1.165, 1.54) is 19.3 Å². The Labute approximate surface area is 215 Å². The van der Waals surface area contributed by atoms with Crippen LogP contribution in [0.2, 0.25) is 5.02 Å². The van der Waals surface area contributed by atoms with Gasteiger partial charge in [-0.2, -0.15) is 5.26 Å². The number of methoxy groups -OCH3 is 1. The fourth-order valence-electron chi connectivity index (χ4n) is 3.38. The van der Waals surface area contributed by atoms with Crippen LogP contribution in [-0.4, -0.2) is 25.5 Å². The minimum Gasteiger partial charge on any atom is -0.493 e. The van der Waals surface area contributed by atoms with Crippen molar-refractivity contribution >= 4 is 40.9 Å². The Morgan fingerprint density at radius 1 is 1.00 bits per heavy atom. The molecule has 3 rings (SSSR count). The van der Waals surface area contributed by atoms with Gasteiger partial charge in [0.2, 0.25) is 0 Å². The number of nitriles is 1. The molecule has 184 valence electrons. The molecule has 0 aliphatic heterocycles. The number of rotatable bonds is 8. The lowest BCUT2D eigenvalue weighted by Gasteiger charge is -2.14. The Balaban J connectivity index is 1.76. The number of anilines is 2. The van der Waals surface area contributed by atoms with Crippen LogP contribution in [0.25, 0.3) is 6.08 Å². The second-order valence-corrected chi connectivity index (χ2v) is 8.54. The number of carbonyl (C=O) groups excluding carboxylic acids is 2. The second-order valence-electron chi connectivity index (χ2n) is 8.13. The normalized spacial score (nSPS) is 10.8. The highest BCUT2D eigenvalue weighted by atomic mass is 35.5. The highest BCUT2D eigenvalue weighted by Crippen LogP contribution is 2.37. The summed E-state index contributed by atoms with van der Waals surface area (Å²) in [5.41, 5.74) is 4.49. The van der Waals surface area contributed by atoms with Crippen LogP contribution in [0.1, 0.15) is 22.3 Å². The van der Waals surface area contributed by atoms with Crippen LogP contribution in [-0.2, 0) is 9.59 Å². The number of hydrogen-bond donors (Lipinski definition) is 2. The van der Waals surface area contributed by atoms with E-state index in [1.807, 2.05) is 57.2 Å². The highest BCUT2D eigenvalue weighted by molar-refractivity contribution is 6.32. The molecule has 2 N–H and O–H groups in total. The van der Waals surface area contributed by atoms with Crippen LogP contribution in [0, 0.1) is 32.1 Å². The van der Waals surface area contributed by atoms with Crippen LogP contribution in [0.15, 0.2) is 60.2 Å². The maximum absolute atomic E-state index is 12.6. The van der Waals surface area contributed by atoms with Crippen molar-refractivity contribution < 1.29 is 19.1 Å². The lowest BCUT2D eigenvalue weighted by atomic mass is 10.1. The Kier molecular flexibility index (Phi) is 8.71. The van der Waals surface area contributed by atoms with Crippen molar-refractivity contribution in [2.75, 3.05) is 24.4 Å². The summed E-state index contributed by atoms with van der Waals surface area (Å²) in [7, 11) is 1.43. The predicted octanol–water partition coefficient (Wildman–Crippen LogP) is 5.84. The molecule has 0 atom stereocenters. The smallest absolute Gasteiger partial charge is 0.266 e. The van der Waals surface area contributed by atoms with Gasteiger partial charge in [0.15, 0.2) is 18.1 Å². The molecular formula is C28H26ClN3O4. The quantitative estimate of drug-likeness (QED) is 0.297. The van der Waals surface area contributed by atoms with Gasteiger partial charge < -0.3 is 20.1 Å². The molecule has 0 fully saturated rings. The zero-order valence-electron chi connectivity index (χ0n) is 20.4. The number of amides is 2. The average Bonchev–Trinajstić information content (AvgIpc) is 2.85. The topological polar surface area (TPSA) is 100 Å². The summed E-state index contributed by atoms with van der Waals surface area (Å²) in [6.07, 6.45) is 1.40. The number of aryl methyl sites for hydroxylation is 3. The van der Waals surface area contributed by atoms with E-state index in [0.29, 0.717) is 16.9 Å². The maximum atomic E-state index is 12.6. The van der Waals surface area contributed by atoms with Gasteiger partial charge in [-0.3, -0.25) is 9.59 Å². The van der Waals surface area contributed by atoms with Gasteiger partial charge >= 0.3 is 0 Å². The number of halogens is 1. The van der Waals surface area contributed by atoms with Crippen LogP contribution in [0.4, 0.5) is 11.4 Å². The molecule has 0 spiro atoms. The van der Waals surface area contributed by atoms with Crippen LogP contribution >= 0.6 is 11.6 Å². The zero-order chi connectivity index (χ0) is 26.2. The predicted molar refractivity (Wildman–Crippen MR) is 141 cm³/mol. The van der Waals surface area contributed by atoms with Gasteiger partial charge in [0.05, 0.1) is 12.1 Å². The fraction of sp³-hybridized carbons (Fsp3) is 0.179. The number of para-hydroxylation sites is 1. The highest BCUT2D eigenvalue weighted by Gasteiger charge is 2.16. The number of nitrogens with zero attached hydrogens (tertiary/aromatic N) is 1. The summed E-state index contributed by atoms with van der Waals surface area (Å²) >= 11 is 6.41. The van der Waals surface area contributed by atoms with Gasteiger partial charge in [-0.1, -0.05) is 41.9 Å². The Morgan fingerprint density at radius 2 is 1.72 bits per heavy atom. The van der Waals surface area contributed by atoms with Crippen molar-refractivity contribution in [3.05, 3.63) is 87.4 Å². The molecule has 0 unspecified atom stereocenters. The molecule has 3 aromatic rings. The van der Waals surface area contributed by atoms with E-state index in [-0.39, 0.29) is 34.6 Å². The van der Waals surface area contributed by atoms with Gasteiger partial charge in [0.25, 0.3) is 11.8 Å². The van der Waals surface area contributed by atoms with E-state index in [2.05, 4.69) is 10.6 Å². The maximum Gasteiger partial charge on any atom is 0.266 e. The number of hydrogen-bond acceptors (Lipinski definition) is 5. The zero-order valence-corrected chi connectivity index (χ0v) is 21.2. The molecule has 2 amide bonds. The molecule has 0 heterocycles. The van der Waals surface area contributed by atoms with Gasteiger partial charge in [-0.25, -0.2) is 0 Å². The molecule has 0 saturated heterocycles. The number of ether oxygens (including phenoxy) is 2. The summed E-state index contributed by atoms with van der Waals surface area (Å²) in [5.74, 6) is -0.476. The van der Waals surface area contributed by atoms with Crippen LogP contribution in [0.3, 0.4) is 0 Å². The summed E-state index contributed by atoms with van der Waals surface area (Å²) < 4.78 is 11.0. The summed E-state index contributed by atoms with van der Waals surface area (Å²) in [4.78, 5) is 25.1. The number of benzene rings is 3. The van der Waals surface area contributed by atoms with Crippen molar-refractivity contribution in [2.24, 2.45) is 0 Å². The lowest BCUT2D eigenvalue weighted by Crippen LogP contribution is -2.21. The van der Waals surface area contributed by atoms with Crippen molar-refractivity contribution in [3.8, 4) is 17.6 Å². The molecule has 3 aromatic carbocycles. The lowest BCUT2D eigenvalue weighted by molar-refractivity contribution is -0.118. The van der Waals surface area contributed by atoms with E-state index in [1.54, 1.807) is 18.2 Å². The Hall–Kier alpha value is -4.28. The van der Waals surface area contributed by atoms with Gasteiger partial charge in [0, 0.05) is 11.4 Å². The molecule has 7 nitrogen and oxygen atoms in total. The first-order chi connectivity index (χ1) is 17.2. The third kappa shape index (κ3) is 6.65. The van der Waals surface area contributed by atoms with Gasteiger partial charge in [-0.05, 0) is 73.4 Å². The average molecular weight is 504 g/mol. The van der Waals surface area contributed by atoms with Crippen molar-refractivity contribution in [1.82, 2.24) is 0 Å². The standard InChI is InChI=1S/C28H26ClN3O4/c1-17-9-10-19(3)24(11-17)31-26(33)16-36-27-22(29)13-20(14-25(27)35-4)12-21(15-30)28(34)32-23-8-6-5-7-18(23)2/h5-14H,16H2,1-4H3,(H,31,33)(H,32,34)/b21-12-.